The van der Waals surface area contributed by atoms with Gasteiger partial charge in [-0.3, -0.25) is 9.69 Å². The van der Waals surface area contributed by atoms with Gasteiger partial charge in [0.15, 0.2) is 11.6 Å². The number of hydrogen-bond donors (Lipinski definition) is 0. The summed E-state index contributed by atoms with van der Waals surface area (Å²) in [5, 5.41) is 0. The first kappa shape index (κ1) is 22.0. The summed E-state index contributed by atoms with van der Waals surface area (Å²) in [4.78, 5) is 19.0. The molecule has 2 aromatic rings. The molecule has 1 amide bonds. The van der Waals surface area contributed by atoms with Gasteiger partial charge >= 0.3 is 0 Å². The van der Waals surface area contributed by atoms with Crippen LogP contribution in [0.4, 0.5) is 14.5 Å². The van der Waals surface area contributed by atoms with Crippen LogP contribution in [0.2, 0.25) is 0 Å². The number of halogens is 2. The lowest BCUT2D eigenvalue weighted by molar-refractivity contribution is -0.135. The number of likely N-dealkylation sites (N-methyl/N-ethyl adjacent to an activating group) is 1. The van der Waals surface area contributed by atoms with E-state index in [1.165, 1.54) is 25.3 Å². The van der Waals surface area contributed by atoms with E-state index in [4.69, 9.17) is 4.74 Å². The van der Waals surface area contributed by atoms with E-state index in [0.717, 1.165) is 43.9 Å². The molecule has 1 aliphatic heterocycles. The number of nitrogens with zero attached hydrogens (tertiary/aromatic N) is 3. The first-order valence-corrected chi connectivity index (χ1v) is 10.2. The Morgan fingerprint density at radius 3 is 2.50 bits per heavy atom. The summed E-state index contributed by atoms with van der Waals surface area (Å²) in [6, 6.07) is 11.0. The van der Waals surface area contributed by atoms with Crippen LogP contribution in [0.3, 0.4) is 0 Å². The summed E-state index contributed by atoms with van der Waals surface area (Å²) in [6.07, 6.45) is 0.919. The summed E-state index contributed by atoms with van der Waals surface area (Å²) in [5.41, 5.74) is 1.71. The van der Waals surface area contributed by atoms with Crippen molar-refractivity contribution in [3.8, 4) is 5.75 Å². The highest BCUT2D eigenvalue weighted by Gasteiger charge is 2.26. The highest BCUT2D eigenvalue weighted by molar-refractivity contribution is 5.81. The van der Waals surface area contributed by atoms with Crippen molar-refractivity contribution in [2.45, 2.75) is 25.9 Å². The average Bonchev–Trinajstić information content (AvgIpc) is 2.99. The predicted octanol–water partition coefficient (Wildman–Crippen LogP) is 3.53. The highest BCUT2D eigenvalue weighted by Crippen LogP contribution is 2.20. The van der Waals surface area contributed by atoms with E-state index in [1.54, 1.807) is 36.2 Å². The number of hydrogen-bond acceptors (Lipinski definition) is 4. The third-order valence-electron chi connectivity index (χ3n) is 5.64. The molecule has 1 unspecified atom stereocenters. The molecule has 1 aliphatic rings. The number of carbonyl (C=O) groups excluding carboxylic acids is 1. The highest BCUT2D eigenvalue weighted by atomic mass is 19.1. The van der Waals surface area contributed by atoms with Gasteiger partial charge in [0.05, 0.1) is 13.2 Å². The first-order chi connectivity index (χ1) is 14.4. The summed E-state index contributed by atoms with van der Waals surface area (Å²) >= 11 is 0. The van der Waals surface area contributed by atoms with Crippen LogP contribution in [0, 0.1) is 11.6 Å². The van der Waals surface area contributed by atoms with Crippen molar-refractivity contribution in [3.63, 3.8) is 0 Å². The van der Waals surface area contributed by atoms with E-state index in [1.807, 2.05) is 6.92 Å². The second-order valence-electron chi connectivity index (χ2n) is 7.69. The molecule has 0 spiro atoms. The molecule has 0 aromatic heterocycles. The topological polar surface area (TPSA) is 36.0 Å². The number of rotatable bonds is 6. The molecule has 5 nitrogen and oxygen atoms in total. The van der Waals surface area contributed by atoms with Crippen molar-refractivity contribution >= 4 is 11.6 Å². The number of methoxy groups -OCH3 is 1. The Hall–Kier alpha value is -2.67. The molecule has 2 aromatic carbocycles. The zero-order valence-electron chi connectivity index (χ0n) is 17.8. The third kappa shape index (κ3) is 5.27. The van der Waals surface area contributed by atoms with Crippen molar-refractivity contribution in [1.29, 1.82) is 0 Å². The monoisotopic (exact) mass is 417 g/mol. The van der Waals surface area contributed by atoms with Crippen LogP contribution in [0.1, 0.15) is 18.9 Å². The number of amides is 1. The molecule has 1 fully saturated rings. The van der Waals surface area contributed by atoms with Gasteiger partial charge in [-0.25, -0.2) is 8.78 Å². The van der Waals surface area contributed by atoms with Gasteiger partial charge in [-0.1, -0.05) is 6.07 Å². The first-order valence-electron chi connectivity index (χ1n) is 10.2. The lowest BCUT2D eigenvalue weighted by Gasteiger charge is -2.30. The van der Waals surface area contributed by atoms with Gasteiger partial charge in [0, 0.05) is 45.5 Å². The fourth-order valence-corrected chi connectivity index (χ4v) is 3.87. The van der Waals surface area contributed by atoms with Crippen molar-refractivity contribution in [2.24, 2.45) is 0 Å². The molecule has 1 atom stereocenters. The molecule has 0 saturated carbocycles. The molecular formula is C23H29F2N3O2. The molecular weight excluding hydrogens is 388 g/mol. The van der Waals surface area contributed by atoms with E-state index < -0.39 is 5.82 Å². The lowest BCUT2D eigenvalue weighted by Crippen LogP contribution is -2.47. The average molecular weight is 418 g/mol. The molecule has 0 N–H and O–H groups in total. The molecule has 0 bridgehead atoms. The Morgan fingerprint density at radius 1 is 1.10 bits per heavy atom. The van der Waals surface area contributed by atoms with Crippen molar-refractivity contribution < 1.29 is 18.3 Å². The van der Waals surface area contributed by atoms with Gasteiger partial charge in [-0.05, 0) is 55.3 Å². The Morgan fingerprint density at radius 2 is 1.83 bits per heavy atom. The third-order valence-corrected chi connectivity index (χ3v) is 5.64. The van der Waals surface area contributed by atoms with Crippen molar-refractivity contribution in [3.05, 3.63) is 59.7 Å². The fourth-order valence-electron chi connectivity index (χ4n) is 3.87. The SMILES string of the molecule is COc1ccc(CN(C)C(=O)C(C)N2CCCN(c3ccc(F)cc3)CC2)cc1F. The lowest BCUT2D eigenvalue weighted by atomic mass is 10.1. The fraction of sp³-hybridized carbons (Fsp3) is 0.435. The van der Waals surface area contributed by atoms with Gasteiger partial charge in [0.2, 0.25) is 5.91 Å². The zero-order chi connectivity index (χ0) is 21.7. The maximum Gasteiger partial charge on any atom is 0.239 e. The molecule has 7 heteroatoms. The maximum absolute atomic E-state index is 13.9. The van der Waals surface area contributed by atoms with Crippen LogP contribution in [0.25, 0.3) is 0 Å². The van der Waals surface area contributed by atoms with Crippen LogP contribution in [-0.2, 0) is 11.3 Å². The number of benzene rings is 2. The van der Waals surface area contributed by atoms with Gasteiger partial charge in [-0.2, -0.15) is 0 Å². The summed E-state index contributed by atoms with van der Waals surface area (Å²) in [7, 11) is 3.16. The van der Waals surface area contributed by atoms with Crippen molar-refractivity contribution in [1.82, 2.24) is 9.80 Å². The van der Waals surface area contributed by atoms with E-state index in [0.29, 0.717) is 6.54 Å². The minimum absolute atomic E-state index is 0.00135. The van der Waals surface area contributed by atoms with E-state index >= 15 is 0 Å². The molecule has 3 rings (SSSR count). The number of carbonyl (C=O) groups is 1. The molecule has 0 aliphatic carbocycles. The minimum Gasteiger partial charge on any atom is -0.494 e. The van der Waals surface area contributed by atoms with Crippen LogP contribution >= 0.6 is 0 Å². The molecule has 1 saturated heterocycles. The summed E-state index contributed by atoms with van der Waals surface area (Å²) < 4.78 is 32.1. The summed E-state index contributed by atoms with van der Waals surface area (Å²) in [6.45, 7) is 5.45. The molecule has 30 heavy (non-hydrogen) atoms. The van der Waals surface area contributed by atoms with Crippen molar-refractivity contribution in [2.75, 3.05) is 45.2 Å². The Balaban J connectivity index is 1.58. The van der Waals surface area contributed by atoms with Gasteiger partial charge in [0.25, 0.3) is 0 Å². The standard InChI is InChI=1S/C23H29F2N3O2/c1-17(23(29)26(2)16-18-5-10-22(30-3)21(25)15-18)27-11-4-12-28(14-13-27)20-8-6-19(24)7-9-20/h5-10,15,17H,4,11-14,16H2,1-3H3. The predicted molar refractivity (Wildman–Crippen MR) is 114 cm³/mol. The van der Waals surface area contributed by atoms with Crippen LogP contribution in [0.5, 0.6) is 5.75 Å². The van der Waals surface area contributed by atoms with E-state index in [2.05, 4.69) is 9.80 Å². The quantitative estimate of drug-likeness (QED) is 0.721. The van der Waals surface area contributed by atoms with Gasteiger partial charge in [0.1, 0.15) is 5.82 Å². The van der Waals surface area contributed by atoms with Gasteiger partial charge < -0.3 is 14.5 Å². The summed E-state index contributed by atoms with van der Waals surface area (Å²) in [5.74, 6) is -0.482. The normalized spacial score (nSPS) is 16.1. The maximum atomic E-state index is 13.9. The van der Waals surface area contributed by atoms with Crippen LogP contribution < -0.4 is 9.64 Å². The number of ether oxygens (including phenoxy) is 1. The molecule has 162 valence electrons. The Kier molecular flexibility index (Phi) is 7.26. The van der Waals surface area contributed by atoms with E-state index in [-0.39, 0.29) is 23.5 Å². The van der Waals surface area contributed by atoms with Crippen LogP contribution in [-0.4, -0.2) is 62.1 Å². The smallest absolute Gasteiger partial charge is 0.239 e. The second-order valence-corrected chi connectivity index (χ2v) is 7.69. The zero-order valence-corrected chi connectivity index (χ0v) is 17.8. The molecule has 0 radical (unpaired) electrons. The van der Waals surface area contributed by atoms with Crippen LogP contribution in [0.15, 0.2) is 42.5 Å². The Bertz CT molecular complexity index is 860. The number of anilines is 1. The Labute approximate surface area is 176 Å². The van der Waals surface area contributed by atoms with E-state index in [9.17, 15) is 13.6 Å². The minimum atomic E-state index is -0.433. The van der Waals surface area contributed by atoms with Gasteiger partial charge in [-0.15, -0.1) is 0 Å². The second kappa shape index (κ2) is 9.89. The largest absolute Gasteiger partial charge is 0.494 e. The molecule has 1 heterocycles.